The van der Waals surface area contributed by atoms with E-state index in [-0.39, 0.29) is 10.8 Å². The Balaban J connectivity index is 1.53. The fourth-order valence-electron chi connectivity index (χ4n) is 3.05. The molecule has 0 aromatic heterocycles. The fourth-order valence-corrected chi connectivity index (χ4v) is 4.08. The SMILES string of the molecule is C[C@H](Oc1ccc(S(=O)(=O)NCCc2ccccc2)cc1)C(=O)N1CCOCC1. The summed E-state index contributed by atoms with van der Waals surface area (Å²) in [6.45, 7) is 4.17. The summed E-state index contributed by atoms with van der Waals surface area (Å²) in [6, 6.07) is 15.8. The first-order valence-corrected chi connectivity index (χ1v) is 11.1. The van der Waals surface area contributed by atoms with Gasteiger partial charge in [-0.15, -0.1) is 0 Å². The maximum absolute atomic E-state index is 12.4. The summed E-state index contributed by atoms with van der Waals surface area (Å²) in [5.41, 5.74) is 1.07. The van der Waals surface area contributed by atoms with Crippen LogP contribution < -0.4 is 9.46 Å². The molecular weight excluding hydrogens is 392 g/mol. The van der Waals surface area contributed by atoms with E-state index < -0.39 is 16.1 Å². The largest absolute Gasteiger partial charge is 0.481 e. The van der Waals surface area contributed by atoms with Gasteiger partial charge in [0, 0.05) is 19.6 Å². The van der Waals surface area contributed by atoms with Gasteiger partial charge in [-0.1, -0.05) is 30.3 Å². The number of hydrogen-bond acceptors (Lipinski definition) is 5. The summed E-state index contributed by atoms with van der Waals surface area (Å²) in [4.78, 5) is 14.3. The molecule has 29 heavy (non-hydrogen) atoms. The van der Waals surface area contributed by atoms with Gasteiger partial charge >= 0.3 is 0 Å². The van der Waals surface area contributed by atoms with Crippen LogP contribution in [0.2, 0.25) is 0 Å². The smallest absolute Gasteiger partial charge is 0.263 e. The molecule has 1 fully saturated rings. The van der Waals surface area contributed by atoms with E-state index in [1.165, 1.54) is 12.1 Å². The average molecular weight is 419 g/mol. The number of hydrogen-bond donors (Lipinski definition) is 1. The number of amides is 1. The highest BCUT2D eigenvalue weighted by Crippen LogP contribution is 2.18. The van der Waals surface area contributed by atoms with Gasteiger partial charge in [0.1, 0.15) is 5.75 Å². The standard InChI is InChI=1S/C21H26N2O5S/c1-17(21(24)23-13-15-27-16-14-23)28-19-7-9-20(10-8-19)29(25,26)22-12-11-18-5-3-2-4-6-18/h2-10,17,22H,11-16H2,1H3/t17-/m0/s1. The Morgan fingerprint density at radius 3 is 2.41 bits per heavy atom. The van der Waals surface area contributed by atoms with Gasteiger partial charge < -0.3 is 14.4 Å². The van der Waals surface area contributed by atoms with Crippen LogP contribution in [0, 0.1) is 0 Å². The van der Waals surface area contributed by atoms with Crippen molar-refractivity contribution in [3.63, 3.8) is 0 Å². The van der Waals surface area contributed by atoms with Gasteiger partial charge in [0.15, 0.2) is 6.10 Å². The molecule has 8 heteroatoms. The molecule has 2 aromatic carbocycles. The molecule has 1 N–H and O–H groups in total. The van der Waals surface area contributed by atoms with Crippen LogP contribution in [0.5, 0.6) is 5.75 Å². The lowest BCUT2D eigenvalue weighted by Gasteiger charge is -2.29. The number of nitrogens with zero attached hydrogens (tertiary/aromatic N) is 1. The van der Waals surface area contributed by atoms with Gasteiger partial charge in [-0.3, -0.25) is 4.79 Å². The first-order chi connectivity index (χ1) is 14.0. The second-order valence-corrected chi connectivity index (χ2v) is 8.57. The van der Waals surface area contributed by atoms with E-state index in [0.717, 1.165) is 5.56 Å². The monoisotopic (exact) mass is 418 g/mol. The van der Waals surface area contributed by atoms with Crippen LogP contribution in [0.3, 0.4) is 0 Å². The number of carbonyl (C=O) groups is 1. The molecule has 1 heterocycles. The molecule has 1 saturated heterocycles. The lowest BCUT2D eigenvalue weighted by atomic mass is 10.2. The van der Waals surface area contributed by atoms with E-state index in [4.69, 9.17) is 9.47 Å². The summed E-state index contributed by atoms with van der Waals surface area (Å²) >= 11 is 0. The zero-order chi connectivity index (χ0) is 20.7. The minimum absolute atomic E-state index is 0.104. The first-order valence-electron chi connectivity index (χ1n) is 9.62. The summed E-state index contributed by atoms with van der Waals surface area (Å²) in [5.74, 6) is 0.343. The Morgan fingerprint density at radius 2 is 1.76 bits per heavy atom. The summed E-state index contributed by atoms with van der Waals surface area (Å²) in [5, 5.41) is 0. The van der Waals surface area contributed by atoms with E-state index >= 15 is 0 Å². The molecular formula is C21H26N2O5S. The Bertz CT molecular complexity index is 894. The van der Waals surface area contributed by atoms with Crippen molar-refractivity contribution < 1.29 is 22.7 Å². The van der Waals surface area contributed by atoms with Crippen molar-refractivity contribution in [2.75, 3.05) is 32.8 Å². The number of rotatable bonds is 8. The van der Waals surface area contributed by atoms with Crippen molar-refractivity contribution in [2.45, 2.75) is 24.3 Å². The van der Waals surface area contributed by atoms with Crippen molar-refractivity contribution in [1.29, 1.82) is 0 Å². The van der Waals surface area contributed by atoms with Crippen LogP contribution in [0.15, 0.2) is 59.5 Å². The summed E-state index contributed by atoms with van der Waals surface area (Å²) in [6.07, 6.45) is -0.0397. The molecule has 1 amide bonds. The van der Waals surface area contributed by atoms with Gasteiger partial charge in [-0.2, -0.15) is 0 Å². The number of morpholine rings is 1. The molecule has 3 rings (SSSR count). The van der Waals surface area contributed by atoms with Crippen LogP contribution in [0.25, 0.3) is 0 Å². The number of nitrogens with one attached hydrogen (secondary N) is 1. The summed E-state index contributed by atoms with van der Waals surface area (Å²) < 4.78 is 38.4. The molecule has 2 aromatic rings. The second kappa shape index (κ2) is 9.87. The number of sulfonamides is 1. The highest BCUT2D eigenvalue weighted by Gasteiger charge is 2.24. The van der Waals surface area contributed by atoms with Crippen molar-refractivity contribution in [2.24, 2.45) is 0 Å². The van der Waals surface area contributed by atoms with Crippen LogP contribution in [0.4, 0.5) is 0 Å². The third-order valence-corrected chi connectivity index (χ3v) is 6.14. The Labute approximate surface area is 171 Å². The third-order valence-electron chi connectivity index (χ3n) is 4.67. The van der Waals surface area contributed by atoms with Gasteiger partial charge in [0.05, 0.1) is 18.1 Å². The fraction of sp³-hybridized carbons (Fsp3) is 0.381. The molecule has 1 atom stereocenters. The Hall–Kier alpha value is -2.42. The minimum atomic E-state index is -3.60. The van der Waals surface area contributed by atoms with Gasteiger partial charge in [0.25, 0.3) is 5.91 Å². The molecule has 0 radical (unpaired) electrons. The molecule has 0 unspecified atom stereocenters. The maximum atomic E-state index is 12.4. The molecule has 1 aliphatic rings. The molecule has 156 valence electrons. The van der Waals surface area contributed by atoms with E-state index in [0.29, 0.717) is 45.0 Å². The number of benzene rings is 2. The molecule has 0 aliphatic carbocycles. The van der Waals surface area contributed by atoms with E-state index in [9.17, 15) is 13.2 Å². The molecule has 0 spiro atoms. The van der Waals surface area contributed by atoms with Crippen LogP contribution in [0.1, 0.15) is 12.5 Å². The Morgan fingerprint density at radius 1 is 1.10 bits per heavy atom. The average Bonchev–Trinajstić information content (AvgIpc) is 2.75. The highest BCUT2D eigenvalue weighted by molar-refractivity contribution is 7.89. The molecule has 7 nitrogen and oxygen atoms in total. The number of carbonyl (C=O) groups excluding carboxylic acids is 1. The van der Waals surface area contributed by atoms with Crippen LogP contribution >= 0.6 is 0 Å². The van der Waals surface area contributed by atoms with Crippen LogP contribution in [-0.2, 0) is 26.0 Å². The zero-order valence-electron chi connectivity index (χ0n) is 16.4. The molecule has 0 saturated carbocycles. The van der Waals surface area contributed by atoms with E-state index in [1.807, 2.05) is 30.3 Å². The molecule has 1 aliphatic heterocycles. The predicted octanol–water partition coefficient (Wildman–Crippen LogP) is 1.83. The molecule has 0 bridgehead atoms. The van der Waals surface area contributed by atoms with Gasteiger partial charge in [0.2, 0.25) is 10.0 Å². The topological polar surface area (TPSA) is 84.9 Å². The van der Waals surface area contributed by atoms with Crippen molar-refractivity contribution in [1.82, 2.24) is 9.62 Å². The first kappa shape index (κ1) is 21.3. The van der Waals surface area contributed by atoms with Crippen molar-refractivity contribution in [3.8, 4) is 5.75 Å². The van der Waals surface area contributed by atoms with Crippen molar-refractivity contribution in [3.05, 3.63) is 60.2 Å². The summed E-state index contributed by atoms with van der Waals surface area (Å²) in [7, 11) is -3.60. The van der Waals surface area contributed by atoms with Gasteiger partial charge in [-0.05, 0) is 43.2 Å². The van der Waals surface area contributed by atoms with Gasteiger partial charge in [-0.25, -0.2) is 13.1 Å². The van der Waals surface area contributed by atoms with E-state index in [1.54, 1.807) is 24.0 Å². The third kappa shape index (κ3) is 6.03. The zero-order valence-corrected chi connectivity index (χ0v) is 17.2. The van der Waals surface area contributed by atoms with E-state index in [2.05, 4.69) is 4.72 Å². The highest BCUT2D eigenvalue weighted by atomic mass is 32.2. The maximum Gasteiger partial charge on any atom is 0.263 e. The van der Waals surface area contributed by atoms with Crippen LogP contribution in [-0.4, -0.2) is 58.2 Å². The number of ether oxygens (including phenoxy) is 2. The predicted molar refractivity (Wildman–Crippen MR) is 109 cm³/mol. The minimum Gasteiger partial charge on any atom is -0.481 e. The normalized spacial score (nSPS) is 15.7. The second-order valence-electron chi connectivity index (χ2n) is 6.80. The Kier molecular flexibility index (Phi) is 7.24. The quantitative estimate of drug-likeness (QED) is 0.707. The lowest BCUT2D eigenvalue weighted by Crippen LogP contribution is -2.46. The van der Waals surface area contributed by atoms with Crippen molar-refractivity contribution >= 4 is 15.9 Å². The lowest BCUT2D eigenvalue weighted by molar-refractivity contribution is -0.142.